The summed E-state index contributed by atoms with van der Waals surface area (Å²) in [6.45, 7) is 1.52. The van der Waals surface area contributed by atoms with Crippen molar-refractivity contribution in [3.8, 4) is 0 Å². The van der Waals surface area contributed by atoms with Crippen molar-refractivity contribution in [1.82, 2.24) is 4.98 Å². The molecule has 1 heterocycles. The van der Waals surface area contributed by atoms with Crippen molar-refractivity contribution in [3.05, 3.63) is 28.8 Å². The Hall–Kier alpha value is -0.770. The van der Waals surface area contributed by atoms with Crippen LogP contribution in [0, 0.1) is 12.7 Å². The lowest BCUT2D eigenvalue weighted by Gasteiger charge is -2.09. The van der Waals surface area contributed by atoms with Crippen molar-refractivity contribution in [1.29, 1.82) is 0 Å². The van der Waals surface area contributed by atoms with E-state index < -0.39 is 17.8 Å². The normalized spacial score (nSPS) is 10.9. The Balaban J connectivity index is 3.35. The number of alkyl halides is 3. The summed E-state index contributed by atoms with van der Waals surface area (Å²) >= 11 is 5.41. The van der Waals surface area contributed by atoms with Gasteiger partial charge in [0.05, 0.1) is 11.8 Å². The number of hydrogen-bond acceptors (Lipinski definition) is 1. The first-order chi connectivity index (χ1) is 6.07. The third-order valence-corrected chi connectivity index (χ3v) is 2.01. The van der Waals surface area contributed by atoms with Crippen LogP contribution >= 0.6 is 11.6 Å². The van der Waals surface area contributed by atoms with Gasteiger partial charge in [-0.05, 0) is 12.5 Å². The highest BCUT2D eigenvalue weighted by Gasteiger charge is 2.19. The maximum absolute atomic E-state index is 12.9. The average Bonchev–Trinajstić information content (AvgIpc) is 2.07. The van der Waals surface area contributed by atoms with Crippen LogP contribution in [-0.2, 0) is 5.88 Å². The van der Waals surface area contributed by atoms with Crippen LogP contribution in [0.15, 0.2) is 6.20 Å². The first-order valence-corrected chi connectivity index (χ1v) is 4.09. The lowest BCUT2D eigenvalue weighted by Crippen LogP contribution is -2.02. The van der Waals surface area contributed by atoms with E-state index in [1.54, 1.807) is 0 Å². The summed E-state index contributed by atoms with van der Waals surface area (Å²) in [6, 6.07) is 0. The molecule has 0 saturated heterocycles. The van der Waals surface area contributed by atoms with Crippen molar-refractivity contribution in [2.75, 3.05) is 0 Å². The largest absolute Gasteiger partial charge is 0.267 e. The summed E-state index contributed by atoms with van der Waals surface area (Å²) in [4.78, 5) is 3.60. The van der Waals surface area contributed by atoms with Gasteiger partial charge in [-0.3, -0.25) is 4.98 Å². The highest BCUT2D eigenvalue weighted by Crippen LogP contribution is 2.27. The zero-order chi connectivity index (χ0) is 10.0. The van der Waals surface area contributed by atoms with Gasteiger partial charge < -0.3 is 0 Å². The number of hydrogen-bond donors (Lipinski definition) is 0. The van der Waals surface area contributed by atoms with E-state index in [1.165, 1.54) is 6.92 Å². The summed E-state index contributed by atoms with van der Waals surface area (Å²) in [5.74, 6) is -1.16. The van der Waals surface area contributed by atoms with Gasteiger partial charge in [-0.25, -0.2) is 13.2 Å². The Morgan fingerprint density at radius 3 is 2.54 bits per heavy atom. The quantitative estimate of drug-likeness (QED) is 0.682. The first kappa shape index (κ1) is 10.3. The van der Waals surface area contributed by atoms with Crippen LogP contribution in [-0.4, -0.2) is 4.98 Å². The molecule has 0 aliphatic heterocycles. The van der Waals surface area contributed by atoms with E-state index in [9.17, 15) is 13.2 Å². The minimum Gasteiger partial charge on any atom is -0.258 e. The van der Waals surface area contributed by atoms with E-state index in [-0.39, 0.29) is 11.4 Å². The summed E-state index contributed by atoms with van der Waals surface area (Å²) in [7, 11) is 0. The SMILES string of the molecule is Cc1ncc(F)c(C(F)F)c1CCl. The summed E-state index contributed by atoms with van der Waals surface area (Å²) in [6.07, 6.45) is -2.07. The first-order valence-electron chi connectivity index (χ1n) is 3.56. The van der Waals surface area contributed by atoms with E-state index >= 15 is 0 Å². The molecule has 1 aromatic heterocycles. The topological polar surface area (TPSA) is 12.9 Å². The van der Waals surface area contributed by atoms with Crippen molar-refractivity contribution < 1.29 is 13.2 Å². The maximum atomic E-state index is 12.9. The monoisotopic (exact) mass is 209 g/mol. The van der Waals surface area contributed by atoms with Crippen LogP contribution in [0.4, 0.5) is 13.2 Å². The van der Waals surface area contributed by atoms with E-state index in [2.05, 4.69) is 4.98 Å². The third-order valence-electron chi connectivity index (χ3n) is 1.74. The van der Waals surface area contributed by atoms with Gasteiger partial charge in [0.2, 0.25) is 0 Å². The second kappa shape index (κ2) is 3.96. The fourth-order valence-electron chi connectivity index (χ4n) is 1.04. The van der Waals surface area contributed by atoms with Crippen LogP contribution in [0.3, 0.4) is 0 Å². The van der Waals surface area contributed by atoms with Gasteiger partial charge >= 0.3 is 0 Å². The van der Waals surface area contributed by atoms with Gasteiger partial charge in [-0.15, -0.1) is 11.6 Å². The van der Waals surface area contributed by atoms with E-state index in [0.29, 0.717) is 5.69 Å². The lowest BCUT2D eigenvalue weighted by atomic mass is 10.1. The molecule has 0 aliphatic rings. The summed E-state index contributed by atoms with van der Waals surface area (Å²) in [5, 5.41) is 0. The predicted octanol–water partition coefficient (Wildman–Crippen LogP) is 3.21. The molecule has 0 atom stereocenters. The fraction of sp³-hybridized carbons (Fsp3) is 0.375. The van der Waals surface area contributed by atoms with Gasteiger partial charge in [-0.2, -0.15) is 0 Å². The van der Waals surface area contributed by atoms with Crippen LogP contribution in [0.1, 0.15) is 23.2 Å². The standard InChI is InChI=1S/C8H7ClF3N/c1-4-5(2-9)7(8(11)12)6(10)3-13-4/h3,8H,2H2,1H3. The zero-order valence-electron chi connectivity index (χ0n) is 6.82. The smallest absolute Gasteiger partial charge is 0.258 e. The second-order valence-corrected chi connectivity index (χ2v) is 2.79. The van der Waals surface area contributed by atoms with Crippen molar-refractivity contribution in [2.24, 2.45) is 0 Å². The minimum atomic E-state index is -2.85. The van der Waals surface area contributed by atoms with Crippen LogP contribution < -0.4 is 0 Å². The van der Waals surface area contributed by atoms with E-state index in [4.69, 9.17) is 11.6 Å². The molecule has 0 saturated carbocycles. The highest BCUT2D eigenvalue weighted by atomic mass is 35.5. The molecule has 0 unspecified atom stereocenters. The molecule has 0 spiro atoms. The molecule has 13 heavy (non-hydrogen) atoms. The Morgan fingerprint density at radius 2 is 2.15 bits per heavy atom. The van der Waals surface area contributed by atoms with Gasteiger partial charge in [-0.1, -0.05) is 0 Å². The van der Waals surface area contributed by atoms with Crippen molar-refractivity contribution in [2.45, 2.75) is 19.2 Å². The summed E-state index contributed by atoms with van der Waals surface area (Å²) < 4.78 is 37.5. The zero-order valence-corrected chi connectivity index (χ0v) is 7.58. The fourth-order valence-corrected chi connectivity index (χ4v) is 1.38. The molecule has 0 aliphatic carbocycles. The van der Waals surface area contributed by atoms with E-state index in [0.717, 1.165) is 6.20 Å². The van der Waals surface area contributed by atoms with Crippen LogP contribution in [0.5, 0.6) is 0 Å². The molecule has 0 radical (unpaired) electrons. The average molecular weight is 210 g/mol. The maximum Gasteiger partial charge on any atom is 0.267 e. The number of halogens is 4. The van der Waals surface area contributed by atoms with Gasteiger partial charge in [0, 0.05) is 11.6 Å². The molecule has 0 amide bonds. The van der Waals surface area contributed by atoms with Crippen LogP contribution in [0.25, 0.3) is 0 Å². The Bertz CT molecular complexity index is 315. The minimum absolute atomic E-state index is 0.0802. The molecule has 0 aromatic carbocycles. The number of pyridine rings is 1. The third kappa shape index (κ3) is 1.94. The van der Waals surface area contributed by atoms with Crippen LogP contribution in [0.2, 0.25) is 0 Å². The molecule has 1 aromatic rings. The van der Waals surface area contributed by atoms with Crippen molar-refractivity contribution in [3.63, 3.8) is 0 Å². The molecule has 0 fully saturated rings. The van der Waals surface area contributed by atoms with Gasteiger partial charge in [0.1, 0.15) is 0 Å². The molecule has 0 N–H and O–H groups in total. The van der Waals surface area contributed by atoms with E-state index in [1.807, 2.05) is 0 Å². The molecule has 5 heteroatoms. The molecule has 72 valence electrons. The second-order valence-electron chi connectivity index (χ2n) is 2.52. The van der Waals surface area contributed by atoms with Gasteiger partial charge in [0.15, 0.2) is 5.82 Å². The molecular formula is C8H7ClF3N. The number of nitrogens with zero attached hydrogens (tertiary/aromatic N) is 1. The lowest BCUT2D eigenvalue weighted by molar-refractivity contribution is 0.145. The predicted molar refractivity (Wildman–Crippen MR) is 43.4 cm³/mol. The molecule has 1 nitrogen and oxygen atoms in total. The number of aromatic nitrogens is 1. The number of aryl methyl sites for hydroxylation is 1. The number of rotatable bonds is 2. The Kier molecular flexibility index (Phi) is 3.14. The Labute approximate surface area is 78.5 Å². The highest BCUT2D eigenvalue weighted by molar-refractivity contribution is 6.17. The van der Waals surface area contributed by atoms with Gasteiger partial charge in [0.25, 0.3) is 6.43 Å². The molecule has 0 bridgehead atoms. The molecular weight excluding hydrogens is 203 g/mol. The van der Waals surface area contributed by atoms with Crippen molar-refractivity contribution >= 4 is 11.6 Å². The Morgan fingerprint density at radius 1 is 1.54 bits per heavy atom. The summed E-state index contributed by atoms with van der Waals surface area (Å²) in [5.41, 5.74) is -0.217. The molecule has 1 rings (SSSR count).